The predicted molar refractivity (Wildman–Crippen MR) is 116 cm³/mol. The van der Waals surface area contributed by atoms with E-state index in [-0.39, 0.29) is 11.6 Å². The van der Waals surface area contributed by atoms with Crippen molar-refractivity contribution in [2.45, 2.75) is 26.7 Å². The predicted octanol–water partition coefficient (Wildman–Crippen LogP) is 4.49. The topological polar surface area (TPSA) is 82.0 Å². The lowest BCUT2D eigenvalue weighted by Gasteiger charge is -2.04. The lowest BCUT2D eigenvalue weighted by molar-refractivity contribution is 0.104. The Hall–Kier alpha value is -3.40. The van der Waals surface area contributed by atoms with Crippen LogP contribution in [-0.4, -0.2) is 10.8 Å². The van der Waals surface area contributed by atoms with Crippen molar-refractivity contribution in [3.05, 3.63) is 107 Å². The summed E-state index contributed by atoms with van der Waals surface area (Å²) in [6.07, 6.45) is 4.63. The van der Waals surface area contributed by atoms with Gasteiger partial charge >= 0.3 is 0 Å². The molecule has 0 saturated carbocycles. The largest absolute Gasteiger partial charge is 0.402 e. The number of hydrogen-bond acceptors (Lipinski definition) is 4. The lowest BCUT2D eigenvalue weighted by Crippen LogP contribution is -2.08. The standard InChI is InChI=1S/C16H17N3O.C8H10/c1-11-4-6-12(7-5-11)9-13(17)10-15(20)14-3-2-8-19-16(14)18;1-2-8-6-4-3-5-7-8/h2-8,10H,9,17H2,1H3,(H2,18,19);3-7H,2H2,1H3/b13-10-;. The second-order valence-electron chi connectivity index (χ2n) is 6.52. The van der Waals surface area contributed by atoms with Crippen LogP contribution in [0.4, 0.5) is 5.82 Å². The summed E-state index contributed by atoms with van der Waals surface area (Å²) in [4.78, 5) is 15.9. The first-order valence-electron chi connectivity index (χ1n) is 9.30. The number of ketones is 1. The zero-order chi connectivity index (χ0) is 20.4. The molecule has 0 spiro atoms. The van der Waals surface area contributed by atoms with Crippen LogP contribution in [0, 0.1) is 6.92 Å². The number of carbonyl (C=O) groups is 1. The molecule has 0 aliphatic carbocycles. The van der Waals surface area contributed by atoms with Gasteiger partial charge in [-0.3, -0.25) is 4.79 Å². The fraction of sp³-hybridized carbons (Fsp3) is 0.167. The van der Waals surface area contributed by atoms with E-state index in [1.54, 1.807) is 18.3 Å². The van der Waals surface area contributed by atoms with Crippen molar-refractivity contribution in [1.82, 2.24) is 4.98 Å². The molecule has 28 heavy (non-hydrogen) atoms. The number of anilines is 1. The molecule has 0 aliphatic heterocycles. The first-order valence-corrected chi connectivity index (χ1v) is 9.30. The van der Waals surface area contributed by atoms with Crippen LogP contribution >= 0.6 is 0 Å². The van der Waals surface area contributed by atoms with Gasteiger partial charge in [-0.1, -0.05) is 67.1 Å². The normalized spacial score (nSPS) is 10.7. The van der Waals surface area contributed by atoms with E-state index in [1.165, 1.54) is 17.2 Å². The van der Waals surface area contributed by atoms with E-state index in [0.29, 0.717) is 17.7 Å². The molecule has 3 rings (SSSR count). The molecule has 2 aromatic carbocycles. The van der Waals surface area contributed by atoms with Gasteiger partial charge < -0.3 is 11.5 Å². The zero-order valence-electron chi connectivity index (χ0n) is 16.4. The number of carbonyl (C=O) groups excluding carboxylic acids is 1. The van der Waals surface area contributed by atoms with Gasteiger partial charge in [-0.2, -0.15) is 0 Å². The molecule has 1 aromatic heterocycles. The molecule has 0 radical (unpaired) electrons. The molecular formula is C24H27N3O. The number of aryl methyl sites for hydroxylation is 2. The van der Waals surface area contributed by atoms with Gasteiger partial charge in [-0.05, 0) is 36.6 Å². The number of nitrogens with two attached hydrogens (primary N) is 2. The quantitative estimate of drug-likeness (QED) is 0.510. The highest BCUT2D eigenvalue weighted by Gasteiger charge is 2.08. The number of nitrogen functional groups attached to an aromatic ring is 1. The van der Waals surface area contributed by atoms with Gasteiger partial charge in [0.15, 0.2) is 5.78 Å². The molecule has 0 bridgehead atoms. The van der Waals surface area contributed by atoms with Gasteiger partial charge in [0, 0.05) is 24.4 Å². The van der Waals surface area contributed by atoms with Crippen molar-refractivity contribution in [3.8, 4) is 0 Å². The smallest absolute Gasteiger partial charge is 0.191 e. The highest BCUT2D eigenvalue weighted by atomic mass is 16.1. The van der Waals surface area contributed by atoms with Crippen molar-refractivity contribution in [3.63, 3.8) is 0 Å². The lowest BCUT2D eigenvalue weighted by atomic mass is 10.1. The molecule has 4 nitrogen and oxygen atoms in total. The van der Waals surface area contributed by atoms with E-state index >= 15 is 0 Å². The highest BCUT2D eigenvalue weighted by Crippen LogP contribution is 2.11. The second kappa shape index (κ2) is 10.7. The van der Waals surface area contributed by atoms with Crippen LogP contribution in [0.15, 0.2) is 84.7 Å². The van der Waals surface area contributed by atoms with Crippen molar-refractivity contribution in [2.24, 2.45) is 5.73 Å². The highest BCUT2D eigenvalue weighted by molar-refractivity contribution is 6.07. The molecule has 144 valence electrons. The molecule has 0 aliphatic rings. The molecule has 4 heteroatoms. The maximum Gasteiger partial charge on any atom is 0.191 e. The van der Waals surface area contributed by atoms with Gasteiger partial charge in [0.1, 0.15) is 5.82 Å². The molecule has 0 fully saturated rings. The Balaban J connectivity index is 0.000000292. The third-order valence-corrected chi connectivity index (χ3v) is 4.20. The van der Waals surface area contributed by atoms with Crippen LogP contribution < -0.4 is 11.5 Å². The molecule has 4 N–H and O–H groups in total. The Labute approximate surface area is 166 Å². The fourth-order valence-electron chi connectivity index (χ4n) is 2.58. The van der Waals surface area contributed by atoms with E-state index in [4.69, 9.17) is 11.5 Å². The van der Waals surface area contributed by atoms with Crippen molar-refractivity contribution < 1.29 is 4.79 Å². The number of aromatic nitrogens is 1. The maximum absolute atomic E-state index is 12.0. The zero-order valence-corrected chi connectivity index (χ0v) is 16.4. The molecule has 0 amide bonds. The van der Waals surface area contributed by atoms with Crippen LogP contribution in [0.2, 0.25) is 0 Å². The Morgan fingerprint density at radius 3 is 2.21 bits per heavy atom. The Morgan fingerprint density at radius 1 is 0.964 bits per heavy atom. The van der Waals surface area contributed by atoms with E-state index < -0.39 is 0 Å². The fourth-order valence-corrected chi connectivity index (χ4v) is 2.58. The summed E-state index contributed by atoms with van der Waals surface area (Å²) in [6, 6.07) is 21.8. The summed E-state index contributed by atoms with van der Waals surface area (Å²) >= 11 is 0. The average molecular weight is 374 g/mol. The number of hydrogen-bond donors (Lipinski definition) is 2. The van der Waals surface area contributed by atoms with Gasteiger partial charge in [-0.15, -0.1) is 0 Å². The minimum absolute atomic E-state index is 0.219. The van der Waals surface area contributed by atoms with Crippen LogP contribution in [0.3, 0.4) is 0 Å². The summed E-state index contributed by atoms with van der Waals surface area (Å²) in [7, 11) is 0. The van der Waals surface area contributed by atoms with Crippen molar-refractivity contribution >= 4 is 11.6 Å². The first-order chi connectivity index (χ1) is 13.5. The molecular weight excluding hydrogens is 346 g/mol. The SMILES string of the molecule is CCc1ccccc1.Cc1ccc(C/C(N)=C/C(=O)c2cccnc2N)cc1. The Morgan fingerprint density at radius 2 is 1.64 bits per heavy atom. The molecule has 0 atom stereocenters. The van der Waals surface area contributed by atoms with Gasteiger partial charge in [0.2, 0.25) is 0 Å². The van der Waals surface area contributed by atoms with Gasteiger partial charge in [-0.25, -0.2) is 4.98 Å². The number of pyridine rings is 1. The first kappa shape index (κ1) is 20.9. The molecule has 0 saturated heterocycles. The Bertz CT molecular complexity index is 916. The maximum atomic E-state index is 12.0. The number of benzene rings is 2. The van der Waals surface area contributed by atoms with Crippen LogP contribution in [0.1, 0.15) is 34.0 Å². The monoisotopic (exact) mass is 373 g/mol. The van der Waals surface area contributed by atoms with Gasteiger partial charge in [0.25, 0.3) is 0 Å². The van der Waals surface area contributed by atoms with Gasteiger partial charge in [0.05, 0.1) is 5.56 Å². The molecule has 0 unspecified atom stereocenters. The molecule has 3 aromatic rings. The van der Waals surface area contributed by atoms with E-state index in [9.17, 15) is 4.79 Å². The van der Waals surface area contributed by atoms with Crippen molar-refractivity contribution in [1.29, 1.82) is 0 Å². The van der Waals surface area contributed by atoms with Crippen LogP contribution in [-0.2, 0) is 12.8 Å². The third kappa shape index (κ3) is 6.72. The summed E-state index contributed by atoms with van der Waals surface area (Å²) < 4.78 is 0. The number of rotatable bonds is 5. The second-order valence-corrected chi connectivity index (χ2v) is 6.52. The van der Waals surface area contributed by atoms with E-state index in [1.807, 2.05) is 37.3 Å². The third-order valence-electron chi connectivity index (χ3n) is 4.20. The van der Waals surface area contributed by atoms with Crippen LogP contribution in [0.5, 0.6) is 0 Å². The summed E-state index contributed by atoms with van der Waals surface area (Å²) in [6.45, 7) is 4.19. The van der Waals surface area contributed by atoms with Crippen molar-refractivity contribution in [2.75, 3.05) is 5.73 Å². The molecule has 1 heterocycles. The minimum Gasteiger partial charge on any atom is -0.402 e. The van der Waals surface area contributed by atoms with E-state index in [0.717, 1.165) is 12.0 Å². The Kier molecular flexibility index (Phi) is 7.97. The van der Waals surface area contributed by atoms with Crippen LogP contribution in [0.25, 0.3) is 0 Å². The summed E-state index contributed by atoms with van der Waals surface area (Å²) in [5, 5.41) is 0. The summed E-state index contributed by atoms with van der Waals surface area (Å²) in [5.74, 6) is -0.00269. The average Bonchev–Trinajstić information content (AvgIpc) is 2.71. The van der Waals surface area contributed by atoms with E-state index in [2.05, 4.69) is 36.2 Å². The summed E-state index contributed by atoms with van der Waals surface area (Å²) in [5.41, 5.74) is 16.1. The number of allylic oxidation sites excluding steroid dienone is 2. The minimum atomic E-state index is -0.222. The number of nitrogens with zero attached hydrogens (tertiary/aromatic N) is 1.